The third-order valence-electron chi connectivity index (χ3n) is 3.64. The molecule has 3 nitrogen and oxygen atoms in total. The van der Waals surface area contributed by atoms with Crippen LogP contribution in [-0.2, 0) is 16.6 Å². The minimum atomic E-state index is -0.900. The Kier molecular flexibility index (Phi) is 3.20. The van der Waals surface area contributed by atoms with Crippen LogP contribution < -0.4 is 0 Å². The van der Waals surface area contributed by atoms with Gasteiger partial charge in [-0.25, -0.2) is 0 Å². The fraction of sp³-hybridized carbons (Fsp3) is 0.500. The number of benzene rings is 1. The summed E-state index contributed by atoms with van der Waals surface area (Å²) in [6, 6.07) is 7.71. The lowest BCUT2D eigenvalue weighted by Gasteiger charge is -2.36. The van der Waals surface area contributed by atoms with Crippen molar-refractivity contribution in [3.05, 3.63) is 35.4 Å². The van der Waals surface area contributed by atoms with Gasteiger partial charge in [-0.15, -0.1) is 0 Å². The van der Waals surface area contributed by atoms with Crippen molar-refractivity contribution < 1.29 is 15.0 Å². The number of hydrogen-bond acceptors (Lipinski definition) is 2. The molecule has 0 amide bonds. The second-order valence-electron chi connectivity index (χ2n) is 4.95. The maximum Gasteiger partial charge on any atom is 0.314 e. The van der Waals surface area contributed by atoms with E-state index in [1.807, 2.05) is 24.3 Å². The van der Waals surface area contributed by atoms with E-state index in [1.54, 1.807) is 6.92 Å². The number of rotatable bonds is 3. The predicted molar refractivity (Wildman–Crippen MR) is 65.0 cm³/mol. The summed E-state index contributed by atoms with van der Waals surface area (Å²) in [5.74, 6) is -0.814. The molecule has 2 atom stereocenters. The molecule has 0 fully saturated rings. The first-order valence-electron chi connectivity index (χ1n) is 6.06. The van der Waals surface area contributed by atoms with E-state index in [2.05, 4.69) is 0 Å². The Labute approximate surface area is 101 Å². The first-order valence-corrected chi connectivity index (χ1v) is 6.06. The maximum absolute atomic E-state index is 11.7. The summed E-state index contributed by atoms with van der Waals surface area (Å²) < 4.78 is 0. The second-order valence-corrected chi connectivity index (χ2v) is 4.95. The molecule has 0 heterocycles. The summed E-state index contributed by atoms with van der Waals surface area (Å²) in [6.07, 6.45) is 2.11. The second kappa shape index (κ2) is 4.49. The molecule has 2 rings (SSSR count). The molecular weight excluding hydrogens is 216 g/mol. The Hall–Kier alpha value is -1.35. The number of aliphatic hydroxyl groups is 1. The summed E-state index contributed by atoms with van der Waals surface area (Å²) >= 11 is 0. The van der Waals surface area contributed by atoms with Crippen molar-refractivity contribution in [2.45, 2.75) is 44.1 Å². The van der Waals surface area contributed by atoms with Crippen molar-refractivity contribution in [2.75, 3.05) is 0 Å². The highest BCUT2D eigenvalue weighted by Crippen LogP contribution is 2.41. The van der Waals surface area contributed by atoms with Crippen molar-refractivity contribution >= 4 is 5.97 Å². The Morgan fingerprint density at radius 3 is 2.82 bits per heavy atom. The van der Waals surface area contributed by atoms with Crippen LogP contribution in [0.5, 0.6) is 0 Å². The van der Waals surface area contributed by atoms with E-state index in [0.717, 1.165) is 24.0 Å². The van der Waals surface area contributed by atoms with Gasteiger partial charge < -0.3 is 10.2 Å². The number of aliphatic hydroxyl groups excluding tert-OH is 1. The molecule has 0 aliphatic heterocycles. The third-order valence-corrected chi connectivity index (χ3v) is 3.64. The average Bonchev–Trinajstić information content (AvgIpc) is 2.28. The standard InChI is InChI=1S/C14H18O3/c1-10(15)9-14(13(16)17)8-4-6-11-5-2-3-7-12(11)14/h2-3,5,7,10,15H,4,6,8-9H2,1H3,(H,16,17). The van der Waals surface area contributed by atoms with Crippen LogP contribution in [0.15, 0.2) is 24.3 Å². The number of fused-ring (bicyclic) bond motifs is 1. The van der Waals surface area contributed by atoms with Gasteiger partial charge in [-0.1, -0.05) is 24.3 Å². The van der Waals surface area contributed by atoms with Crippen LogP contribution in [0.3, 0.4) is 0 Å². The first-order chi connectivity index (χ1) is 8.06. The molecule has 1 aromatic rings. The summed E-state index contributed by atoms with van der Waals surface area (Å²) in [6.45, 7) is 1.65. The van der Waals surface area contributed by atoms with E-state index < -0.39 is 17.5 Å². The van der Waals surface area contributed by atoms with Crippen LogP contribution in [0.2, 0.25) is 0 Å². The highest BCUT2D eigenvalue weighted by molar-refractivity contribution is 5.82. The van der Waals surface area contributed by atoms with E-state index in [1.165, 1.54) is 0 Å². The topological polar surface area (TPSA) is 57.5 Å². The summed E-state index contributed by atoms with van der Waals surface area (Å²) in [5, 5.41) is 19.2. The van der Waals surface area contributed by atoms with Crippen molar-refractivity contribution in [1.82, 2.24) is 0 Å². The van der Waals surface area contributed by atoms with Gasteiger partial charge in [0.25, 0.3) is 0 Å². The van der Waals surface area contributed by atoms with Crippen molar-refractivity contribution in [3.63, 3.8) is 0 Å². The zero-order valence-electron chi connectivity index (χ0n) is 10.0. The molecule has 92 valence electrons. The van der Waals surface area contributed by atoms with Gasteiger partial charge in [-0.2, -0.15) is 0 Å². The highest BCUT2D eigenvalue weighted by Gasteiger charge is 2.43. The van der Waals surface area contributed by atoms with E-state index in [-0.39, 0.29) is 0 Å². The lowest BCUT2D eigenvalue weighted by Crippen LogP contribution is -2.41. The van der Waals surface area contributed by atoms with Gasteiger partial charge in [0.15, 0.2) is 0 Å². The Morgan fingerprint density at radius 1 is 1.47 bits per heavy atom. The average molecular weight is 234 g/mol. The summed E-state index contributed by atoms with van der Waals surface area (Å²) in [7, 11) is 0. The van der Waals surface area contributed by atoms with Crippen LogP contribution in [0.25, 0.3) is 0 Å². The van der Waals surface area contributed by atoms with Crippen molar-refractivity contribution in [3.8, 4) is 0 Å². The van der Waals surface area contributed by atoms with Gasteiger partial charge in [-0.05, 0) is 43.7 Å². The van der Waals surface area contributed by atoms with Crippen molar-refractivity contribution in [1.29, 1.82) is 0 Å². The smallest absolute Gasteiger partial charge is 0.314 e. The number of aryl methyl sites for hydroxylation is 1. The molecule has 1 aromatic carbocycles. The van der Waals surface area contributed by atoms with Crippen LogP contribution >= 0.6 is 0 Å². The molecule has 0 radical (unpaired) electrons. The molecule has 0 aromatic heterocycles. The molecule has 3 heteroatoms. The van der Waals surface area contributed by atoms with Crippen LogP contribution in [0.1, 0.15) is 37.3 Å². The van der Waals surface area contributed by atoms with Crippen molar-refractivity contribution in [2.24, 2.45) is 0 Å². The number of aliphatic carboxylic acids is 1. The summed E-state index contributed by atoms with van der Waals surface area (Å²) in [5.41, 5.74) is 1.10. The van der Waals surface area contributed by atoms with Gasteiger partial charge >= 0.3 is 5.97 Å². The van der Waals surface area contributed by atoms with Gasteiger partial charge in [0.05, 0.1) is 11.5 Å². The third kappa shape index (κ3) is 2.07. The molecule has 1 aliphatic carbocycles. The highest BCUT2D eigenvalue weighted by atomic mass is 16.4. The first kappa shape index (κ1) is 12.1. The van der Waals surface area contributed by atoms with Crippen LogP contribution in [0, 0.1) is 0 Å². The lowest BCUT2D eigenvalue weighted by atomic mass is 9.67. The predicted octanol–water partition coefficient (Wildman–Crippen LogP) is 2.12. The molecule has 0 spiro atoms. The molecule has 0 saturated carbocycles. The maximum atomic E-state index is 11.7. The van der Waals surface area contributed by atoms with Gasteiger partial charge in [0, 0.05) is 0 Å². The minimum Gasteiger partial charge on any atom is -0.481 e. The number of hydrogen-bond donors (Lipinski definition) is 2. The van der Waals surface area contributed by atoms with Crippen LogP contribution in [0.4, 0.5) is 0 Å². The summed E-state index contributed by atoms with van der Waals surface area (Å²) in [4.78, 5) is 11.7. The SMILES string of the molecule is CC(O)CC1(C(=O)O)CCCc2ccccc21. The van der Waals surface area contributed by atoms with E-state index in [0.29, 0.717) is 12.8 Å². The Morgan fingerprint density at radius 2 is 2.18 bits per heavy atom. The Balaban J connectivity index is 2.51. The minimum absolute atomic E-state index is 0.291. The quantitative estimate of drug-likeness (QED) is 0.842. The molecule has 1 aliphatic rings. The largest absolute Gasteiger partial charge is 0.481 e. The Bertz CT molecular complexity index is 425. The van der Waals surface area contributed by atoms with E-state index in [9.17, 15) is 15.0 Å². The molecule has 0 saturated heterocycles. The molecule has 2 N–H and O–H groups in total. The monoisotopic (exact) mass is 234 g/mol. The zero-order chi connectivity index (χ0) is 12.5. The number of carboxylic acid groups (broad SMARTS) is 1. The molecule has 2 unspecified atom stereocenters. The fourth-order valence-corrected chi connectivity index (χ4v) is 2.95. The van der Waals surface area contributed by atoms with Crippen LogP contribution in [-0.4, -0.2) is 22.3 Å². The number of carbonyl (C=O) groups is 1. The van der Waals surface area contributed by atoms with E-state index in [4.69, 9.17) is 0 Å². The van der Waals surface area contributed by atoms with Gasteiger partial charge in [0.2, 0.25) is 0 Å². The molecule has 17 heavy (non-hydrogen) atoms. The molecule has 0 bridgehead atoms. The zero-order valence-corrected chi connectivity index (χ0v) is 10.0. The lowest BCUT2D eigenvalue weighted by molar-refractivity contribution is -0.146. The van der Waals surface area contributed by atoms with Gasteiger partial charge in [0.1, 0.15) is 0 Å². The van der Waals surface area contributed by atoms with Gasteiger partial charge in [-0.3, -0.25) is 4.79 Å². The number of carboxylic acids is 1. The van der Waals surface area contributed by atoms with E-state index >= 15 is 0 Å². The molecular formula is C14H18O3. The fourth-order valence-electron chi connectivity index (χ4n) is 2.95. The normalized spacial score (nSPS) is 25.1.